The van der Waals surface area contributed by atoms with Crippen LogP contribution < -0.4 is 63.1 Å². The van der Waals surface area contributed by atoms with Crippen molar-refractivity contribution in [3.63, 3.8) is 0 Å². The zero-order valence-electron chi connectivity index (χ0n) is 38.6. The van der Waals surface area contributed by atoms with E-state index in [9.17, 15) is 33.9 Å². The van der Waals surface area contributed by atoms with Gasteiger partial charge in [0.2, 0.25) is 0 Å². The molecule has 0 aliphatic carbocycles. The summed E-state index contributed by atoms with van der Waals surface area (Å²) < 4.78 is 7.46. The van der Waals surface area contributed by atoms with Gasteiger partial charge < -0.3 is 60.0 Å². The first kappa shape index (κ1) is 65.7. The summed E-state index contributed by atoms with van der Waals surface area (Å²) in [6.45, 7) is 11.8. The molecule has 26 nitrogen and oxygen atoms in total. The van der Waals surface area contributed by atoms with E-state index >= 15 is 0 Å². The fourth-order valence-corrected chi connectivity index (χ4v) is 6.19. The molecule has 29 heteroatoms. The molecular weight excluding hydrogens is 1160 g/mol. The number of anilines is 6. The number of β-amino-alcohol motifs (C(OH)–C–C–N with tert-alkyl or cyclic N) is 2. The van der Waals surface area contributed by atoms with E-state index in [4.69, 9.17) is 35.1 Å². The zero-order chi connectivity index (χ0) is 49.1. The smallest absolute Gasteiger partial charge is 0.513 e. The van der Waals surface area contributed by atoms with Gasteiger partial charge >= 0.3 is 84.2 Å². The summed E-state index contributed by atoms with van der Waals surface area (Å²) in [5.41, 5.74) is -0.854. The van der Waals surface area contributed by atoms with Gasteiger partial charge in [0, 0.05) is 69.2 Å². The molecule has 0 spiro atoms. The first-order valence-electron chi connectivity index (χ1n) is 18.5. The van der Waals surface area contributed by atoms with Gasteiger partial charge in [-0.3, -0.25) is 51.4 Å². The SMILES string of the molecule is C=C(C)O.CC(=O)O.CC(=O)O.CN1[CH-]N(C)c2c1c(=O)n(C)c(=O)n2C.CN1[CH-]N(CC(O)CO)c2c1n(C)c(=O)n(C)c2=O.CN1[CH-]N(CCO)c2c1n(C)c(=O)n(C)c2=O.[Ag+].[Ag+].[Ag+]. The van der Waals surface area contributed by atoms with E-state index in [1.807, 2.05) is 0 Å². The standard InChI is InChI=1S/C11H17N4O4.C10H15N4O3.C9H13N4O2.C3H6O.2C2H4O2.3Ag/c1-12-6-15(4-7(17)5-16)8-9(12)13(2)11(19)14(3)10(8)18;1-11-6-14(4-5-15)7-8(11)12(2)10(17)13(3)9(7)16;1-10-5-11(2)7-6(10)8(14)13(4)9(15)12(7)3;1-3(2)4;2*1-2(3)4;;;/h6-7,16-17H,4-5H2,1-3H3;6,15H,4-5H2,1-3H3;5H,1-4H3;4H,1H2,2H3;2*1H3,(H,3,4);;;/q3*-1;;;;3*+1. The summed E-state index contributed by atoms with van der Waals surface area (Å²) in [5, 5.41) is 50.1. The second-order valence-corrected chi connectivity index (χ2v) is 14.1. The molecule has 3 aromatic rings. The van der Waals surface area contributed by atoms with Crippen LogP contribution in [0.2, 0.25) is 0 Å². The number of allylic oxidation sites excluding steroid dienone is 1. The van der Waals surface area contributed by atoms with Gasteiger partial charge in [-0.1, -0.05) is 6.58 Å². The number of hydrogen-bond donors (Lipinski definition) is 6. The largest absolute Gasteiger partial charge is 1.00 e. The van der Waals surface area contributed by atoms with Crippen molar-refractivity contribution in [1.82, 2.24) is 27.4 Å². The molecule has 0 amide bonds. The Labute approximate surface area is 426 Å². The van der Waals surface area contributed by atoms with Crippen LogP contribution in [0.15, 0.2) is 41.1 Å². The second-order valence-electron chi connectivity index (χ2n) is 14.1. The number of carboxylic acid groups (broad SMARTS) is 2. The molecule has 1 atom stereocenters. The van der Waals surface area contributed by atoms with Gasteiger partial charge in [0.25, 0.3) is 28.6 Å². The number of rotatable bonds is 5. The number of aromatic nitrogens is 6. The van der Waals surface area contributed by atoms with Gasteiger partial charge in [-0.15, -0.1) is 0 Å². The number of fused-ring (bicyclic) bond motifs is 3. The Balaban J connectivity index is -0.000000789. The first-order chi connectivity index (χ1) is 29.0. The van der Waals surface area contributed by atoms with Gasteiger partial charge in [-0.2, -0.15) is 20.0 Å². The topological polar surface area (TPSA) is 307 Å². The number of carbonyl (C=O) groups is 2. The van der Waals surface area contributed by atoms with Crippen LogP contribution in [0.25, 0.3) is 0 Å². The van der Waals surface area contributed by atoms with Crippen LogP contribution in [0.3, 0.4) is 0 Å². The minimum absolute atomic E-state index is 0. The third kappa shape index (κ3) is 16.0. The molecule has 1 unspecified atom stereocenters. The maximum Gasteiger partial charge on any atom is 1.00 e. The minimum Gasteiger partial charge on any atom is -0.513 e. The molecule has 384 valence electrons. The molecular formula is C37H59Ag3N12O14. The molecule has 0 fully saturated rings. The maximum absolute atomic E-state index is 12.2. The van der Waals surface area contributed by atoms with E-state index in [2.05, 4.69) is 6.58 Å². The predicted molar refractivity (Wildman–Crippen MR) is 236 cm³/mol. The molecule has 3 aliphatic rings. The molecule has 0 saturated heterocycles. The Morgan fingerprint density at radius 1 is 0.515 bits per heavy atom. The van der Waals surface area contributed by atoms with Crippen LogP contribution >= 0.6 is 0 Å². The van der Waals surface area contributed by atoms with Crippen molar-refractivity contribution >= 4 is 46.5 Å². The van der Waals surface area contributed by atoms with E-state index in [1.165, 1.54) is 46.7 Å². The van der Waals surface area contributed by atoms with Crippen LogP contribution in [-0.2, 0) is 119 Å². The van der Waals surface area contributed by atoms with E-state index in [1.54, 1.807) is 93.8 Å². The molecule has 3 aromatic heterocycles. The summed E-state index contributed by atoms with van der Waals surface area (Å²) >= 11 is 0. The van der Waals surface area contributed by atoms with Gasteiger partial charge in [0.1, 0.15) is 34.5 Å². The fourth-order valence-electron chi connectivity index (χ4n) is 6.19. The molecule has 0 bridgehead atoms. The van der Waals surface area contributed by atoms with E-state index < -0.39 is 35.9 Å². The Bertz CT molecular complexity index is 2480. The van der Waals surface area contributed by atoms with Gasteiger partial charge in [-0.25, -0.2) is 14.4 Å². The summed E-state index contributed by atoms with van der Waals surface area (Å²) in [6.07, 6.45) is -0.961. The molecule has 0 aromatic carbocycles. The number of nitrogens with zero attached hydrogens (tertiary/aromatic N) is 12. The average molecular weight is 1220 g/mol. The average Bonchev–Trinajstić information content (AvgIpc) is 3.80. The first-order valence-corrected chi connectivity index (χ1v) is 18.5. The fraction of sp³-hybridized carbons (Fsp3) is 0.486. The van der Waals surface area contributed by atoms with Crippen LogP contribution in [0.4, 0.5) is 34.5 Å². The molecule has 3 aliphatic heterocycles. The van der Waals surface area contributed by atoms with Crippen molar-refractivity contribution < 1.29 is 107 Å². The van der Waals surface area contributed by atoms with Crippen molar-refractivity contribution in [2.24, 2.45) is 42.3 Å². The second kappa shape index (κ2) is 28.6. The number of aliphatic hydroxyl groups is 4. The Hall–Kier alpha value is -4.58. The van der Waals surface area contributed by atoms with Crippen molar-refractivity contribution in [2.45, 2.75) is 26.9 Å². The summed E-state index contributed by atoms with van der Waals surface area (Å²) in [5.74, 6) is 0.149. The monoisotopic (exact) mass is 1220 g/mol. The third-order valence-electron chi connectivity index (χ3n) is 8.69. The van der Waals surface area contributed by atoms with Crippen molar-refractivity contribution in [2.75, 3.05) is 83.9 Å². The zero-order valence-corrected chi connectivity index (χ0v) is 43.0. The molecule has 6 N–H and O–H groups in total. The number of carboxylic acids is 2. The van der Waals surface area contributed by atoms with Gasteiger partial charge in [-0.05, 0) is 35.1 Å². The van der Waals surface area contributed by atoms with Crippen LogP contribution in [0.1, 0.15) is 20.8 Å². The number of hydrogen-bond acceptors (Lipinski definition) is 18. The molecule has 6 rings (SSSR count). The molecule has 66 heavy (non-hydrogen) atoms. The Kier molecular flexibility index (Phi) is 28.4. The van der Waals surface area contributed by atoms with Crippen molar-refractivity contribution in [3.8, 4) is 0 Å². The number of aliphatic hydroxyl groups excluding tert-OH is 4. The maximum atomic E-state index is 12.2. The summed E-state index contributed by atoms with van der Waals surface area (Å²) in [7, 11) is 16.3. The minimum atomic E-state index is -0.961. The Morgan fingerprint density at radius 2 is 0.788 bits per heavy atom. The summed E-state index contributed by atoms with van der Waals surface area (Å²) in [6, 6.07) is 0. The van der Waals surface area contributed by atoms with Crippen molar-refractivity contribution in [3.05, 3.63) is 94.9 Å². The van der Waals surface area contributed by atoms with E-state index in [0.717, 1.165) is 27.5 Å². The normalized spacial score (nSPS) is 12.7. The molecule has 0 radical (unpaired) electrons. The third-order valence-corrected chi connectivity index (χ3v) is 8.69. The van der Waals surface area contributed by atoms with Crippen molar-refractivity contribution in [1.29, 1.82) is 0 Å². The van der Waals surface area contributed by atoms with Crippen LogP contribution in [0.5, 0.6) is 0 Å². The van der Waals surface area contributed by atoms with Gasteiger partial charge in [0.05, 0.1) is 25.1 Å². The van der Waals surface area contributed by atoms with Gasteiger partial charge in [0.15, 0.2) is 0 Å². The van der Waals surface area contributed by atoms with Crippen LogP contribution in [-0.4, -0.2) is 131 Å². The van der Waals surface area contributed by atoms with E-state index in [-0.39, 0.29) is 109 Å². The molecule has 6 heterocycles. The quantitative estimate of drug-likeness (QED) is 0.0825. The number of aliphatic carboxylic acids is 2. The van der Waals surface area contributed by atoms with E-state index in [0.29, 0.717) is 41.1 Å². The molecule has 0 saturated carbocycles. The van der Waals surface area contributed by atoms with Crippen LogP contribution in [0, 0.1) is 20.0 Å². The predicted octanol–water partition coefficient (Wildman–Crippen LogP) is -3.39. The summed E-state index contributed by atoms with van der Waals surface area (Å²) in [4.78, 5) is 99.4. The Morgan fingerprint density at radius 3 is 1.11 bits per heavy atom.